The zero-order valence-corrected chi connectivity index (χ0v) is 14.9. The largest absolute Gasteiger partial charge is 0.351 e. The molecule has 3 rings (SSSR count). The monoisotopic (exact) mass is 359 g/mol. The van der Waals surface area contributed by atoms with Crippen molar-refractivity contribution in [3.63, 3.8) is 0 Å². The molecule has 1 aromatic carbocycles. The van der Waals surface area contributed by atoms with E-state index >= 15 is 0 Å². The summed E-state index contributed by atoms with van der Waals surface area (Å²) in [5, 5.41) is 2.84. The van der Waals surface area contributed by atoms with Crippen LogP contribution in [-0.2, 0) is 34.3 Å². The van der Waals surface area contributed by atoms with E-state index in [1.54, 1.807) is 25.4 Å². The molecule has 2 heterocycles. The number of nitrogens with one attached hydrogen (secondary N) is 1. The number of sulfonamides is 1. The van der Waals surface area contributed by atoms with Crippen molar-refractivity contribution in [3.05, 3.63) is 65.5 Å². The summed E-state index contributed by atoms with van der Waals surface area (Å²) in [7, 11) is -3.48. The molecule has 1 amide bonds. The van der Waals surface area contributed by atoms with Crippen molar-refractivity contribution in [2.45, 2.75) is 32.5 Å². The Labute approximate surface area is 147 Å². The van der Waals surface area contributed by atoms with Gasteiger partial charge in [-0.05, 0) is 36.1 Å². The zero-order chi connectivity index (χ0) is 17.9. The summed E-state index contributed by atoms with van der Waals surface area (Å²) in [5.74, 6) is -0.308. The molecule has 0 saturated heterocycles. The molecule has 0 radical (unpaired) electrons. The molecule has 2 aromatic rings. The van der Waals surface area contributed by atoms with Gasteiger partial charge in [-0.3, -0.25) is 9.78 Å². The fraction of sp³-hybridized carbons (Fsp3) is 0.333. The number of aromatic nitrogens is 1. The summed E-state index contributed by atoms with van der Waals surface area (Å²) in [6.07, 6.45) is 3.73. The third-order valence-electron chi connectivity index (χ3n) is 4.42. The van der Waals surface area contributed by atoms with Crippen LogP contribution in [0.3, 0.4) is 0 Å². The SMILES string of the molecule is CCS(=O)(=O)N1Cc2ccccc2C[C@H]1C(=O)NCc1cccnc1. The van der Waals surface area contributed by atoms with Crippen LogP contribution < -0.4 is 5.32 Å². The number of pyridine rings is 1. The summed E-state index contributed by atoms with van der Waals surface area (Å²) < 4.78 is 26.3. The van der Waals surface area contributed by atoms with Gasteiger partial charge in [0.2, 0.25) is 15.9 Å². The third kappa shape index (κ3) is 3.88. The molecule has 25 heavy (non-hydrogen) atoms. The number of carbonyl (C=O) groups excluding carboxylic acids is 1. The predicted octanol–water partition coefficient (Wildman–Crippen LogP) is 1.47. The fourth-order valence-corrected chi connectivity index (χ4v) is 4.22. The standard InChI is InChI=1S/C18H21N3O3S/c1-2-25(23,24)21-13-16-8-4-3-7-15(16)10-17(21)18(22)20-12-14-6-5-9-19-11-14/h3-9,11,17H,2,10,12-13H2,1H3,(H,20,22)/t17-/m0/s1. The molecule has 0 fully saturated rings. The van der Waals surface area contributed by atoms with Crippen LogP contribution in [0.15, 0.2) is 48.8 Å². The van der Waals surface area contributed by atoms with Gasteiger partial charge in [0.05, 0.1) is 5.75 Å². The van der Waals surface area contributed by atoms with Crippen molar-refractivity contribution >= 4 is 15.9 Å². The molecule has 0 spiro atoms. The lowest BCUT2D eigenvalue weighted by molar-refractivity contribution is -0.125. The minimum Gasteiger partial charge on any atom is -0.351 e. The number of fused-ring (bicyclic) bond motifs is 1. The Hall–Kier alpha value is -2.25. The van der Waals surface area contributed by atoms with E-state index in [2.05, 4.69) is 10.3 Å². The average molecular weight is 359 g/mol. The minimum atomic E-state index is -3.48. The minimum absolute atomic E-state index is 0.0262. The number of rotatable bonds is 5. The number of carbonyl (C=O) groups is 1. The molecule has 1 aromatic heterocycles. The first-order valence-corrected chi connectivity index (χ1v) is 9.85. The summed E-state index contributed by atoms with van der Waals surface area (Å²) in [4.78, 5) is 16.7. The molecule has 1 aliphatic heterocycles. The smallest absolute Gasteiger partial charge is 0.239 e. The maximum absolute atomic E-state index is 12.7. The fourth-order valence-electron chi connectivity index (χ4n) is 2.99. The van der Waals surface area contributed by atoms with Crippen molar-refractivity contribution in [1.82, 2.24) is 14.6 Å². The normalized spacial score (nSPS) is 17.7. The number of nitrogens with zero attached hydrogens (tertiary/aromatic N) is 2. The van der Waals surface area contributed by atoms with E-state index in [1.807, 2.05) is 30.3 Å². The first-order chi connectivity index (χ1) is 12.0. The lowest BCUT2D eigenvalue weighted by Crippen LogP contribution is -2.52. The van der Waals surface area contributed by atoms with Gasteiger partial charge in [0.25, 0.3) is 0 Å². The van der Waals surface area contributed by atoms with Gasteiger partial charge in [-0.15, -0.1) is 0 Å². The van der Waals surface area contributed by atoms with Gasteiger partial charge in [0, 0.05) is 25.5 Å². The second-order valence-electron chi connectivity index (χ2n) is 6.01. The van der Waals surface area contributed by atoms with Crippen molar-refractivity contribution in [2.75, 3.05) is 5.75 Å². The van der Waals surface area contributed by atoms with Crippen LogP contribution in [0.1, 0.15) is 23.6 Å². The van der Waals surface area contributed by atoms with Gasteiger partial charge in [0.15, 0.2) is 0 Å². The van der Waals surface area contributed by atoms with E-state index in [0.29, 0.717) is 13.0 Å². The highest BCUT2D eigenvalue weighted by molar-refractivity contribution is 7.89. The average Bonchev–Trinajstić information content (AvgIpc) is 2.65. The highest BCUT2D eigenvalue weighted by Crippen LogP contribution is 2.26. The van der Waals surface area contributed by atoms with Gasteiger partial charge >= 0.3 is 0 Å². The van der Waals surface area contributed by atoms with Crippen molar-refractivity contribution in [2.24, 2.45) is 0 Å². The maximum Gasteiger partial charge on any atom is 0.239 e. The van der Waals surface area contributed by atoms with Gasteiger partial charge < -0.3 is 5.32 Å². The van der Waals surface area contributed by atoms with Crippen molar-refractivity contribution in [1.29, 1.82) is 0 Å². The number of benzene rings is 1. The van der Waals surface area contributed by atoms with Gasteiger partial charge in [-0.2, -0.15) is 4.31 Å². The van der Waals surface area contributed by atoms with E-state index < -0.39 is 16.1 Å². The molecule has 0 saturated carbocycles. The summed E-state index contributed by atoms with van der Waals surface area (Å²) in [6.45, 7) is 2.16. The first-order valence-electron chi connectivity index (χ1n) is 8.24. The zero-order valence-electron chi connectivity index (χ0n) is 14.1. The maximum atomic E-state index is 12.7. The Morgan fingerprint density at radius 1 is 1.24 bits per heavy atom. The molecule has 132 valence electrons. The Morgan fingerprint density at radius 3 is 2.68 bits per heavy atom. The van der Waals surface area contributed by atoms with Crippen LogP contribution in [0.5, 0.6) is 0 Å². The van der Waals surface area contributed by atoms with Crippen LogP contribution in [0.2, 0.25) is 0 Å². The van der Waals surface area contributed by atoms with E-state index in [4.69, 9.17) is 0 Å². The number of amides is 1. The molecule has 6 nitrogen and oxygen atoms in total. The Balaban J connectivity index is 1.82. The van der Waals surface area contributed by atoms with Gasteiger partial charge in [-0.25, -0.2) is 8.42 Å². The van der Waals surface area contributed by atoms with Crippen LogP contribution >= 0.6 is 0 Å². The van der Waals surface area contributed by atoms with E-state index in [1.165, 1.54) is 4.31 Å². The molecule has 7 heteroatoms. The molecule has 1 aliphatic rings. The van der Waals surface area contributed by atoms with Crippen molar-refractivity contribution in [3.8, 4) is 0 Å². The second kappa shape index (κ2) is 7.33. The van der Waals surface area contributed by atoms with Gasteiger partial charge in [-0.1, -0.05) is 30.3 Å². The predicted molar refractivity (Wildman–Crippen MR) is 95.0 cm³/mol. The van der Waals surface area contributed by atoms with Crippen LogP contribution in [-0.4, -0.2) is 35.4 Å². The molecular weight excluding hydrogens is 338 g/mol. The Bertz CT molecular complexity index is 853. The highest BCUT2D eigenvalue weighted by Gasteiger charge is 2.37. The molecule has 1 N–H and O–H groups in total. The molecular formula is C18H21N3O3S. The Morgan fingerprint density at radius 2 is 2.00 bits per heavy atom. The highest BCUT2D eigenvalue weighted by atomic mass is 32.2. The molecule has 0 unspecified atom stereocenters. The quantitative estimate of drug-likeness (QED) is 0.877. The van der Waals surface area contributed by atoms with E-state index in [9.17, 15) is 13.2 Å². The summed E-state index contributed by atoms with van der Waals surface area (Å²) >= 11 is 0. The second-order valence-corrected chi connectivity index (χ2v) is 8.22. The third-order valence-corrected chi connectivity index (χ3v) is 6.25. The van der Waals surface area contributed by atoms with Crippen LogP contribution in [0.4, 0.5) is 0 Å². The summed E-state index contributed by atoms with van der Waals surface area (Å²) in [5.41, 5.74) is 2.85. The van der Waals surface area contributed by atoms with Crippen LogP contribution in [0.25, 0.3) is 0 Å². The molecule has 1 atom stereocenters. The lowest BCUT2D eigenvalue weighted by atomic mass is 9.95. The number of hydrogen-bond donors (Lipinski definition) is 1. The summed E-state index contributed by atoms with van der Waals surface area (Å²) in [6, 6.07) is 10.6. The van der Waals surface area contributed by atoms with Crippen LogP contribution in [0, 0.1) is 0 Å². The van der Waals surface area contributed by atoms with E-state index in [0.717, 1.165) is 16.7 Å². The van der Waals surface area contributed by atoms with Crippen molar-refractivity contribution < 1.29 is 13.2 Å². The molecule has 0 aliphatic carbocycles. The van der Waals surface area contributed by atoms with E-state index in [-0.39, 0.29) is 18.2 Å². The lowest BCUT2D eigenvalue weighted by Gasteiger charge is -2.34. The Kier molecular flexibility index (Phi) is 5.15. The molecule has 0 bridgehead atoms. The van der Waals surface area contributed by atoms with Gasteiger partial charge in [0.1, 0.15) is 6.04 Å². The number of hydrogen-bond acceptors (Lipinski definition) is 4. The first kappa shape index (κ1) is 17.6. The topological polar surface area (TPSA) is 79.4 Å².